The fourth-order valence-electron chi connectivity index (χ4n) is 10.7. The average Bonchev–Trinajstić information content (AvgIpc) is 3.99. The van der Waals surface area contributed by atoms with Crippen LogP contribution < -0.4 is 4.90 Å². The highest BCUT2D eigenvalue weighted by Crippen LogP contribution is 2.52. The van der Waals surface area contributed by atoms with Crippen LogP contribution in [0.5, 0.6) is 0 Å². The fraction of sp³-hybridized carbons (Fsp3) is 0.0476. The normalized spacial score (nSPS) is 12.8. The molecule has 3 heteroatoms. The molecule has 312 valence electrons. The molecular weight excluding hydrogens is 801 g/mol. The first-order valence-electron chi connectivity index (χ1n) is 22.8. The van der Waals surface area contributed by atoms with E-state index in [0.29, 0.717) is 0 Å². The number of fused-ring (bicyclic) bond motifs is 9. The van der Waals surface area contributed by atoms with Crippen molar-refractivity contribution in [3.05, 3.63) is 242 Å². The molecular formula is C63H44N2O. The van der Waals surface area contributed by atoms with Crippen molar-refractivity contribution in [2.45, 2.75) is 19.3 Å². The van der Waals surface area contributed by atoms with Gasteiger partial charge in [0.05, 0.1) is 16.7 Å². The van der Waals surface area contributed by atoms with E-state index in [4.69, 9.17) is 4.42 Å². The van der Waals surface area contributed by atoms with Gasteiger partial charge in [0.15, 0.2) is 0 Å². The summed E-state index contributed by atoms with van der Waals surface area (Å²) in [6.07, 6.45) is 0. The molecule has 1 aliphatic rings. The molecule has 0 fully saturated rings. The van der Waals surface area contributed by atoms with Gasteiger partial charge in [0, 0.05) is 49.6 Å². The van der Waals surface area contributed by atoms with E-state index in [1.165, 1.54) is 49.7 Å². The first-order chi connectivity index (χ1) is 32.5. The molecule has 0 spiro atoms. The number of nitrogens with zero attached hydrogens (tertiary/aromatic N) is 2. The predicted octanol–water partition coefficient (Wildman–Crippen LogP) is 17.5. The highest BCUT2D eigenvalue weighted by molar-refractivity contribution is 6.13. The van der Waals surface area contributed by atoms with E-state index in [9.17, 15) is 0 Å². The molecule has 0 amide bonds. The molecule has 66 heavy (non-hydrogen) atoms. The number of benzene rings is 10. The summed E-state index contributed by atoms with van der Waals surface area (Å²) < 4.78 is 8.78. The van der Waals surface area contributed by atoms with E-state index in [1.54, 1.807) is 0 Å². The van der Waals surface area contributed by atoms with Gasteiger partial charge in [-0.05, 0) is 123 Å². The molecule has 0 radical (unpaired) electrons. The molecule has 0 unspecified atom stereocenters. The highest BCUT2D eigenvalue weighted by Gasteiger charge is 2.36. The number of rotatable bonds is 7. The second kappa shape index (κ2) is 14.8. The van der Waals surface area contributed by atoms with Gasteiger partial charge < -0.3 is 13.9 Å². The monoisotopic (exact) mass is 844 g/mol. The molecule has 2 aromatic heterocycles. The van der Waals surface area contributed by atoms with Gasteiger partial charge in [-0.2, -0.15) is 0 Å². The molecule has 13 rings (SSSR count). The lowest BCUT2D eigenvalue weighted by molar-refractivity contribution is 0.660. The minimum atomic E-state index is -0.169. The average molecular weight is 845 g/mol. The summed E-state index contributed by atoms with van der Waals surface area (Å²) in [5, 5.41) is 4.70. The fourth-order valence-corrected chi connectivity index (χ4v) is 10.7. The van der Waals surface area contributed by atoms with E-state index >= 15 is 0 Å². The quantitative estimate of drug-likeness (QED) is 0.159. The summed E-state index contributed by atoms with van der Waals surface area (Å²) in [6.45, 7) is 4.73. The van der Waals surface area contributed by atoms with Crippen LogP contribution in [0.2, 0.25) is 0 Å². The van der Waals surface area contributed by atoms with Crippen LogP contribution in [-0.2, 0) is 5.41 Å². The van der Waals surface area contributed by atoms with Crippen LogP contribution in [0.3, 0.4) is 0 Å². The summed E-state index contributed by atoms with van der Waals surface area (Å²) >= 11 is 0. The third-order valence-electron chi connectivity index (χ3n) is 14.0. The second-order valence-electron chi connectivity index (χ2n) is 18.1. The van der Waals surface area contributed by atoms with Crippen molar-refractivity contribution in [1.29, 1.82) is 0 Å². The van der Waals surface area contributed by atoms with Crippen molar-refractivity contribution in [3.63, 3.8) is 0 Å². The topological polar surface area (TPSA) is 21.3 Å². The summed E-state index contributed by atoms with van der Waals surface area (Å²) in [5.41, 5.74) is 20.6. The van der Waals surface area contributed by atoms with E-state index < -0.39 is 0 Å². The number of furan rings is 1. The first-order valence-corrected chi connectivity index (χ1v) is 22.8. The maximum Gasteiger partial charge on any atom is 0.136 e. The molecule has 10 aromatic carbocycles. The minimum absolute atomic E-state index is 0.169. The summed E-state index contributed by atoms with van der Waals surface area (Å²) in [6, 6.07) is 84.1. The maximum absolute atomic E-state index is 6.34. The molecule has 0 bridgehead atoms. The second-order valence-corrected chi connectivity index (χ2v) is 18.1. The molecule has 2 heterocycles. The van der Waals surface area contributed by atoms with E-state index in [1.807, 2.05) is 12.1 Å². The van der Waals surface area contributed by atoms with Crippen LogP contribution in [-0.4, -0.2) is 4.57 Å². The van der Waals surface area contributed by atoms with Crippen molar-refractivity contribution in [2.75, 3.05) is 4.90 Å². The minimum Gasteiger partial charge on any atom is -0.456 e. The van der Waals surface area contributed by atoms with Gasteiger partial charge in [-0.3, -0.25) is 0 Å². The van der Waals surface area contributed by atoms with Crippen LogP contribution in [0, 0.1) is 0 Å². The van der Waals surface area contributed by atoms with Crippen molar-refractivity contribution in [3.8, 4) is 50.2 Å². The third-order valence-corrected chi connectivity index (χ3v) is 14.0. The highest BCUT2D eigenvalue weighted by atomic mass is 16.3. The molecule has 0 aliphatic heterocycles. The first kappa shape index (κ1) is 38.1. The number of aromatic nitrogens is 1. The van der Waals surface area contributed by atoms with Crippen molar-refractivity contribution < 1.29 is 4.42 Å². The van der Waals surface area contributed by atoms with Crippen molar-refractivity contribution >= 4 is 60.8 Å². The van der Waals surface area contributed by atoms with Gasteiger partial charge in [-0.15, -0.1) is 0 Å². The molecule has 12 aromatic rings. The Labute approximate surface area is 384 Å². The largest absolute Gasteiger partial charge is 0.456 e. The van der Waals surface area contributed by atoms with Gasteiger partial charge in [0.25, 0.3) is 0 Å². The predicted molar refractivity (Wildman–Crippen MR) is 277 cm³/mol. The van der Waals surface area contributed by atoms with E-state index in [0.717, 1.165) is 72.5 Å². The van der Waals surface area contributed by atoms with E-state index in [-0.39, 0.29) is 5.41 Å². The number of anilines is 3. The Hall–Kier alpha value is -8.40. The molecule has 0 N–H and O–H groups in total. The Morgan fingerprint density at radius 2 is 0.955 bits per heavy atom. The van der Waals surface area contributed by atoms with Crippen LogP contribution in [0.25, 0.3) is 93.9 Å². The molecule has 0 atom stereocenters. The van der Waals surface area contributed by atoms with Gasteiger partial charge in [-0.1, -0.05) is 172 Å². The van der Waals surface area contributed by atoms with Gasteiger partial charge >= 0.3 is 0 Å². The molecule has 0 saturated heterocycles. The third kappa shape index (κ3) is 5.97. The Morgan fingerprint density at radius 3 is 1.76 bits per heavy atom. The Kier molecular flexibility index (Phi) is 8.56. The lowest BCUT2D eigenvalue weighted by Crippen LogP contribution is -2.17. The smallest absolute Gasteiger partial charge is 0.136 e. The van der Waals surface area contributed by atoms with Gasteiger partial charge in [-0.25, -0.2) is 0 Å². The van der Waals surface area contributed by atoms with Gasteiger partial charge in [0.1, 0.15) is 11.2 Å². The zero-order chi connectivity index (χ0) is 43.9. The Bertz CT molecular complexity index is 3820. The van der Waals surface area contributed by atoms with Crippen LogP contribution >= 0.6 is 0 Å². The summed E-state index contributed by atoms with van der Waals surface area (Å²) in [4.78, 5) is 2.48. The number of para-hydroxylation sites is 2. The van der Waals surface area contributed by atoms with Crippen LogP contribution in [0.15, 0.2) is 235 Å². The van der Waals surface area contributed by atoms with Crippen LogP contribution in [0.1, 0.15) is 25.0 Å². The summed E-state index contributed by atoms with van der Waals surface area (Å²) in [5.74, 6) is 0. The Morgan fingerprint density at radius 1 is 0.364 bits per heavy atom. The SMILES string of the molecule is CC1(C)c2ccccc2-c2ccc(N(c3ccc(-c4ccc5c(c4)oc4ccccc45)cc3)c3cc4c(cc3-c3ccccc3)c3ccccc3n4-c3ccc(-c4ccccc4)cc3)cc21. The lowest BCUT2D eigenvalue weighted by Gasteiger charge is -2.30. The van der Waals surface area contributed by atoms with Gasteiger partial charge in [0.2, 0.25) is 0 Å². The van der Waals surface area contributed by atoms with Crippen molar-refractivity contribution in [1.82, 2.24) is 4.57 Å². The Balaban J connectivity index is 1.04. The molecule has 1 aliphatic carbocycles. The zero-order valence-corrected chi connectivity index (χ0v) is 36.7. The van der Waals surface area contributed by atoms with E-state index in [2.05, 4.69) is 242 Å². The van der Waals surface area contributed by atoms with Crippen molar-refractivity contribution in [2.24, 2.45) is 0 Å². The van der Waals surface area contributed by atoms with Crippen LogP contribution in [0.4, 0.5) is 17.1 Å². The zero-order valence-electron chi connectivity index (χ0n) is 36.7. The molecule has 3 nitrogen and oxygen atoms in total. The summed E-state index contributed by atoms with van der Waals surface area (Å²) in [7, 11) is 0. The number of hydrogen-bond acceptors (Lipinski definition) is 2. The standard InChI is InChI=1S/C63H44N2O/c1-63(2)56-22-12-9-19-49(56)50-36-34-48(38-57(50)63)64(46-30-27-43(28-31-46)45-29-35-53-52-21-11-14-24-61(52)66-62(53)37-45)59-40-60-55(39-54(59)44-17-7-4-8-18-44)51-20-10-13-23-58(51)65(60)47-32-25-42(26-33-47)41-15-5-3-6-16-41/h3-40H,1-2H3. The number of hydrogen-bond donors (Lipinski definition) is 0. The maximum atomic E-state index is 6.34. The molecule has 0 saturated carbocycles. The lowest BCUT2D eigenvalue weighted by atomic mass is 9.82.